The summed E-state index contributed by atoms with van der Waals surface area (Å²) in [6, 6.07) is 5.73. The standard InChI is InChI=1S/C15H13F3N4O/c1-23-15(17,18)8-22-7-6-19-14(22)13-12(20-9-21-13)10-2-4-11(16)5-3-10/h2-7,9H,8H2,1H3,(H,20,21). The molecule has 0 aliphatic carbocycles. The normalized spacial score (nSPS) is 11.8. The summed E-state index contributed by atoms with van der Waals surface area (Å²) in [5.74, 6) is -0.0781. The fourth-order valence-electron chi connectivity index (χ4n) is 2.22. The number of imidazole rings is 2. The van der Waals surface area contributed by atoms with Gasteiger partial charge in [-0.25, -0.2) is 14.4 Å². The number of H-pyrrole nitrogens is 1. The molecule has 0 bridgehead atoms. The van der Waals surface area contributed by atoms with E-state index in [4.69, 9.17) is 0 Å². The van der Waals surface area contributed by atoms with Crippen LogP contribution in [0.5, 0.6) is 0 Å². The van der Waals surface area contributed by atoms with Crippen LogP contribution in [0.2, 0.25) is 0 Å². The molecule has 1 N–H and O–H groups in total. The average Bonchev–Trinajstić information content (AvgIpc) is 3.16. The van der Waals surface area contributed by atoms with Gasteiger partial charge in [-0.15, -0.1) is 0 Å². The van der Waals surface area contributed by atoms with Crippen LogP contribution in [-0.2, 0) is 11.3 Å². The van der Waals surface area contributed by atoms with E-state index in [1.54, 1.807) is 12.1 Å². The number of aromatic nitrogens is 4. The minimum Gasteiger partial charge on any atom is -0.342 e. The van der Waals surface area contributed by atoms with E-state index in [9.17, 15) is 13.2 Å². The van der Waals surface area contributed by atoms with Gasteiger partial charge in [0.2, 0.25) is 0 Å². The predicted molar refractivity (Wildman–Crippen MR) is 77.2 cm³/mol. The van der Waals surface area contributed by atoms with Crippen LogP contribution in [0.15, 0.2) is 43.0 Å². The van der Waals surface area contributed by atoms with Crippen LogP contribution >= 0.6 is 0 Å². The zero-order chi connectivity index (χ0) is 16.4. The Bertz CT molecular complexity index is 795. The van der Waals surface area contributed by atoms with Crippen molar-refractivity contribution in [2.24, 2.45) is 0 Å². The molecule has 5 nitrogen and oxygen atoms in total. The summed E-state index contributed by atoms with van der Waals surface area (Å²) in [6.07, 6.45) is 0.959. The number of halogens is 3. The van der Waals surface area contributed by atoms with Gasteiger partial charge in [0.05, 0.1) is 12.0 Å². The summed E-state index contributed by atoms with van der Waals surface area (Å²) in [5, 5.41) is 0. The lowest BCUT2D eigenvalue weighted by Gasteiger charge is -2.16. The van der Waals surface area contributed by atoms with Crippen molar-refractivity contribution >= 4 is 0 Å². The van der Waals surface area contributed by atoms with Crippen molar-refractivity contribution in [2.45, 2.75) is 12.7 Å². The molecule has 1 aromatic carbocycles. The molecule has 0 unspecified atom stereocenters. The zero-order valence-electron chi connectivity index (χ0n) is 12.1. The number of hydrogen-bond acceptors (Lipinski definition) is 3. The van der Waals surface area contributed by atoms with E-state index in [2.05, 4.69) is 19.7 Å². The lowest BCUT2D eigenvalue weighted by molar-refractivity contribution is -0.229. The predicted octanol–water partition coefficient (Wildman–Crippen LogP) is 3.32. The van der Waals surface area contributed by atoms with E-state index in [1.165, 1.54) is 35.4 Å². The number of rotatable bonds is 5. The van der Waals surface area contributed by atoms with Crippen LogP contribution < -0.4 is 0 Å². The average molecular weight is 322 g/mol. The SMILES string of the molecule is COC(F)(F)Cn1ccnc1-c1[nH]cnc1-c1ccc(F)cc1. The van der Waals surface area contributed by atoms with Gasteiger partial charge in [-0.05, 0) is 24.3 Å². The topological polar surface area (TPSA) is 55.7 Å². The van der Waals surface area contributed by atoms with Gasteiger partial charge in [-0.1, -0.05) is 0 Å². The van der Waals surface area contributed by atoms with Crippen molar-refractivity contribution in [3.63, 3.8) is 0 Å². The first-order valence-corrected chi connectivity index (χ1v) is 6.74. The fraction of sp³-hybridized carbons (Fsp3) is 0.200. The molecular formula is C15H13F3N4O. The van der Waals surface area contributed by atoms with Gasteiger partial charge in [0.1, 0.15) is 18.1 Å². The summed E-state index contributed by atoms with van der Waals surface area (Å²) in [6.45, 7) is -0.680. The Labute approximate surface area is 129 Å². The van der Waals surface area contributed by atoms with Crippen molar-refractivity contribution in [1.29, 1.82) is 0 Å². The van der Waals surface area contributed by atoms with Gasteiger partial charge >= 0.3 is 6.11 Å². The first kappa shape index (κ1) is 15.3. The van der Waals surface area contributed by atoms with E-state index < -0.39 is 12.7 Å². The van der Waals surface area contributed by atoms with Crippen LogP contribution in [0.25, 0.3) is 22.8 Å². The summed E-state index contributed by atoms with van der Waals surface area (Å²) in [5.41, 5.74) is 1.61. The Morgan fingerprint density at radius 2 is 1.96 bits per heavy atom. The summed E-state index contributed by atoms with van der Waals surface area (Å²) >= 11 is 0. The van der Waals surface area contributed by atoms with Gasteiger partial charge in [-0.2, -0.15) is 8.78 Å². The first-order chi connectivity index (χ1) is 11.0. The molecule has 120 valence electrons. The number of nitrogens with one attached hydrogen (secondary N) is 1. The van der Waals surface area contributed by atoms with E-state index in [1.807, 2.05) is 0 Å². The second-order valence-electron chi connectivity index (χ2n) is 4.85. The van der Waals surface area contributed by atoms with Gasteiger partial charge in [-0.3, -0.25) is 0 Å². The number of benzene rings is 1. The molecule has 3 rings (SSSR count). The van der Waals surface area contributed by atoms with Crippen molar-refractivity contribution in [3.05, 3.63) is 48.8 Å². The molecular weight excluding hydrogens is 309 g/mol. The Balaban J connectivity index is 2.00. The highest BCUT2D eigenvalue weighted by Crippen LogP contribution is 2.29. The Hall–Kier alpha value is -2.61. The monoisotopic (exact) mass is 322 g/mol. The molecule has 0 saturated carbocycles. The molecule has 0 atom stereocenters. The third-order valence-electron chi connectivity index (χ3n) is 3.35. The lowest BCUT2D eigenvalue weighted by atomic mass is 10.1. The maximum Gasteiger partial charge on any atom is 0.373 e. The highest BCUT2D eigenvalue weighted by Gasteiger charge is 2.30. The molecule has 23 heavy (non-hydrogen) atoms. The number of hydrogen-bond donors (Lipinski definition) is 1. The summed E-state index contributed by atoms with van der Waals surface area (Å²) < 4.78 is 45.4. The second-order valence-corrected chi connectivity index (χ2v) is 4.85. The molecule has 0 saturated heterocycles. The van der Waals surface area contributed by atoms with E-state index in [0.29, 0.717) is 22.8 Å². The number of methoxy groups -OCH3 is 1. The van der Waals surface area contributed by atoms with E-state index >= 15 is 0 Å². The van der Waals surface area contributed by atoms with Gasteiger partial charge in [0.25, 0.3) is 0 Å². The van der Waals surface area contributed by atoms with Crippen LogP contribution in [0, 0.1) is 5.82 Å². The molecule has 2 aromatic heterocycles. The number of aromatic amines is 1. The third kappa shape index (κ3) is 3.11. The highest BCUT2D eigenvalue weighted by atomic mass is 19.3. The minimum absolute atomic E-state index is 0.290. The molecule has 0 aliphatic heterocycles. The van der Waals surface area contributed by atoms with Crippen molar-refractivity contribution in [2.75, 3.05) is 7.11 Å². The van der Waals surface area contributed by atoms with Crippen LogP contribution in [-0.4, -0.2) is 32.7 Å². The smallest absolute Gasteiger partial charge is 0.342 e. The van der Waals surface area contributed by atoms with Gasteiger partial charge in [0.15, 0.2) is 5.82 Å². The quantitative estimate of drug-likeness (QED) is 0.784. The molecule has 0 spiro atoms. The number of ether oxygens (including phenoxy) is 1. The van der Waals surface area contributed by atoms with Gasteiger partial charge < -0.3 is 14.3 Å². The Morgan fingerprint density at radius 3 is 2.65 bits per heavy atom. The number of alkyl halides is 2. The van der Waals surface area contributed by atoms with Crippen LogP contribution in [0.4, 0.5) is 13.2 Å². The maximum absolute atomic E-state index is 13.5. The van der Waals surface area contributed by atoms with E-state index in [0.717, 1.165) is 7.11 Å². The first-order valence-electron chi connectivity index (χ1n) is 6.74. The second kappa shape index (κ2) is 5.88. The van der Waals surface area contributed by atoms with Crippen molar-refractivity contribution in [3.8, 4) is 22.8 Å². The Morgan fingerprint density at radius 1 is 1.22 bits per heavy atom. The number of nitrogens with zero attached hydrogens (tertiary/aromatic N) is 3. The highest BCUT2D eigenvalue weighted by molar-refractivity contribution is 5.74. The molecule has 0 aliphatic rings. The van der Waals surface area contributed by atoms with E-state index in [-0.39, 0.29) is 5.82 Å². The van der Waals surface area contributed by atoms with Crippen LogP contribution in [0.3, 0.4) is 0 Å². The zero-order valence-corrected chi connectivity index (χ0v) is 12.1. The fourth-order valence-corrected chi connectivity index (χ4v) is 2.22. The minimum atomic E-state index is -3.31. The molecule has 0 radical (unpaired) electrons. The Kier molecular flexibility index (Phi) is 3.91. The summed E-state index contributed by atoms with van der Waals surface area (Å²) in [4.78, 5) is 11.2. The molecule has 0 amide bonds. The third-order valence-corrected chi connectivity index (χ3v) is 3.35. The van der Waals surface area contributed by atoms with Crippen molar-refractivity contribution in [1.82, 2.24) is 19.5 Å². The lowest BCUT2D eigenvalue weighted by Crippen LogP contribution is -2.26. The molecule has 2 heterocycles. The molecule has 3 aromatic rings. The molecule has 8 heteroatoms. The summed E-state index contributed by atoms with van der Waals surface area (Å²) in [7, 11) is 0.941. The largest absolute Gasteiger partial charge is 0.373 e. The van der Waals surface area contributed by atoms with Crippen molar-refractivity contribution < 1.29 is 17.9 Å². The van der Waals surface area contributed by atoms with Gasteiger partial charge in [0, 0.05) is 25.1 Å². The maximum atomic E-state index is 13.5. The van der Waals surface area contributed by atoms with Crippen LogP contribution in [0.1, 0.15) is 0 Å². The molecule has 0 fully saturated rings.